The van der Waals surface area contributed by atoms with Gasteiger partial charge in [0, 0.05) is 28.4 Å². The first-order chi connectivity index (χ1) is 11.5. The lowest BCUT2D eigenvalue weighted by atomic mass is 10.2. The van der Waals surface area contributed by atoms with Crippen molar-refractivity contribution < 1.29 is 8.42 Å². The molecule has 0 saturated heterocycles. The van der Waals surface area contributed by atoms with Gasteiger partial charge in [-0.25, -0.2) is 13.1 Å². The number of rotatable bonds is 5. The van der Waals surface area contributed by atoms with Crippen LogP contribution in [-0.4, -0.2) is 18.4 Å². The van der Waals surface area contributed by atoms with E-state index in [-0.39, 0.29) is 16.5 Å². The molecule has 24 heavy (non-hydrogen) atoms. The van der Waals surface area contributed by atoms with Crippen molar-refractivity contribution in [2.45, 2.75) is 11.4 Å². The molecule has 0 bridgehead atoms. The lowest BCUT2D eigenvalue weighted by Crippen LogP contribution is -2.24. The normalized spacial score (nSPS) is 11.6. The molecule has 0 aliphatic rings. The largest absolute Gasteiger partial charge is 0.256 e. The summed E-state index contributed by atoms with van der Waals surface area (Å²) in [6, 6.07) is 6.18. The molecule has 2 aromatic heterocycles. The van der Waals surface area contributed by atoms with Gasteiger partial charge in [0.15, 0.2) is 0 Å². The van der Waals surface area contributed by atoms with E-state index in [0.717, 1.165) is 5.56 Å². The van der Waals surface area contributed by atoms with E-state index in [9.17, 15) is 8.42 Å². The first-order valence-corrected chi connectivity index (χ1v) is 9.93. The monoisotopic (exact) mass is 399 g/mol. The van der Waals surface area contributed by atoms with Crippen molar-refractivity contribution in [3.8, 4) is 11.3 Å². The Hall–Kier alpha value is -1.51. The number of hydrogen-bond donors (Lipinski definition) is 1. The quantitative estimate of drug-likeness (QED) is 0.703. The maximum atomic E-state index is 12.5. The number of sulfonamides is 1. The third-order valence-electron chi connectivity index (χ3n) is 3.18. The Labute approximate surface area is 153 Å². The molecular formula is C15H11Cl2N3O2S2. The molecule has 0 fully saturated rings. The van der Waals surface area contributed by atoms with Gasteiger partial charge in [-0.15, -0.1) is 0 Å². The van der Waals surface area contributed by atoms with Gasteiger partial charge < -0.3 is 0 Å². The van der Waals surface area contributed by atoms with Crippen molar-refractivity contribution in [3.63, 3.8) is 0 Å². The van der Waals surface area contributed by atoms with Crippen LogP contribution < -0.4 is 4.72 Å². The minimum atomic E-state index is -3.83. The molecule has 1 N–H and O–H groups in total. The number of aromatic nitrogens is 2. The van der Waals surface area contributed by atoms with Crippen LogP contribution in [0.4, 0.5) is 0 Å². The molecule has 0 aliphatic heterocycles. The Balaban J connectivity index is 1.87. The van der Waals surface area contributed by atoms with Crippen LogP contribution in [-0.2, 0) is 16.6 Å². The van der Waals surface area contributed by atoms with Crippen LogP contribution in [0, 0.1) is 0 Å². The molecule has 0 saturated carbocycles. The number of nitrogens with zero attached hydrogens (tertiary/aromatic N) is 2. The summed E-state index contributed by atoms with van der Waals surface area (Å²) in [5, 5.41) is 4.24. The maximum Gasteiger partial charge on any atom is 0.242 e. The second-order valence-corrected chi connectivity index (χ2v) is 8.12. The molecule has 9 heteroatoms. The summed E-state index contributed by atoms with van der Waals surface area (Å²) in [5.74, 6) is 0. The van der Waals surface area contributed by atoms with E-state index < -0.39 is 10.0 Å². The van der Waals surface area contributed by atoms with Gasteiger partial charge in [0.05, 0.1) is 23.0 Å². The molecule has 0 spiro atoms. The highest BCUT2D eigenvalue weighted by atomic mass is 35.5. The highest BCUT2D eigenvalue weighted by Gasteiger charge is 2.19. The summed E-state index contributed by atoms with van der Waals surface area (Å²) < 4.78 is 27.4. The summed E-state index contributed by atoms with van der Waals surface area (Å²) in [6.07, 6.45) is 3.09. The average Bonchev–Trinajstić information content (AvgIpc) is 3.10. The first kappa shape index (κ1) is 17.3. The Morgan fingerprint density at radius 3 is 2.67 bits per heavy atom. The molecule has 0 unspecified atom stereocenters. The SMILES string of the molecule is O=S(=O)(NCc1nccnc1-c1ccsc1)c1cc(Cl)ccc1Cl. The number of hydrogen-bond acceptors (Lipinski definition) is 5. The number of nitrogens with one attached hydrogen (secondary N) is 1. The molecule has 3 aromatic rings. The fourth-order valence-electron chi connectivity index (χ4n) is 2.06. The van der Waals surface area contributed by atoms with Crippen LogP contribution in [0.15, 0.2) is 52.3 Å². The minimum absolute atomic E-state index is 0.00973. The lowest BCUT2D eigenvalue weighted by molar-refractivity contribution is 0.580. The Bertz CT molecular complexity index is 961. The van der Waals surface area contributed by atoms with Crippen molar-refractivity contribution in [2.24, 2.45) is 0 Å². The van der Waals surface area contributed by atoms with Crippen molar-refractivity contribution in [2.75, 3.05) is 0 Å². The molecule has 1 aromatic carbocycles. The zero-order valence-electron chi connectivity index (χ0n) is 12.1. The predicted molar refractivity (Wildman–Crippen MR) is 95.8 cm³/mol. The van der Waals surface area contributed by atoms with E-state index in [1.807, 2.05) is 16.8 Å². The van der Waals surface area contributed by atoms with E-state index in [1.54, 1.807) is 6.20 Å². The van der Waals surface area contributed by atoms with Crippen molar-refractivity contribution in [3.05, 3.63) is 63.2 Å². The fourth-order valence-corrected chi connectivity index (χ4v) is 4.45. The van der Waals surface area contributed by atoms with Gasteiger partial charge in [-0.2, -0.15) is 11.3 Å². The van der Waals surface area contributed by atoms with Gasteiger partial charge in [0.1, 0.15) is 4.90 Å². The third-order valence-corrected chi connectivity index (χ3v) is 5.98. The topological polar surface area (TPSA) is 72.0 Å². The highest BCUT2D eigenvalue weighted by Crippen LogP contribution is 2.26. The fraction of sp³-hybridized carbons (Fsp3) is 0.0667. The number of halogens is 2. The smallest absolute Gasteiger partial charge is 0.242 e. The zero-order chi connectivity index (χ0) is 17.2. The highest BCUT2D eigenvalue weighted by molar-refractivity contribution is 7.89. The zero-order valence-corrected chi connectivity index (χ0v) is 15.3. The van der Waals surface area contributed by atoms with Crippen molar-refractivity contribution in [1.29, 1.82) is 0 Å². The third kappa shape index (κ3) is 3.76. The second-order valence-electron chi connectivity index (χ2n) is 4.76. The van der Waals surface area contributed by atoms with E-state index in [1.165, 1.54) is 35.7 Å². The second kappa shape index (κ2) is 7.16. The van der Waals surface area contributed by atoms with Crippen molar-refractivity contribution in [1.82, 2.24) is 14.7 Å². The minimum Gasteiger partial charge on any atom is -0.256 e. The van der Waals surface area contributed by atoms with Gasteiger partial charge in [-0.3, -0.25) is 9.97 Å². The van der Waals surface area contributed by atoms with E-state index in [4.69, 9.17) is 23.2 Å². The van der Waals surface area contributed by atoms with E-state index in [2.05, 4.69) is 14.7 Å². The van der Waals surface area contributed by atoms with Gasteiger partial charge in [-0.1, -0.05) is 23.2 Å². The lowest BCUT2D eigenvalue weighted by Gasteiger charge is -2.10. The Morgan fingerprint density at radius 2 is 1.92 bits per heavy atom. The number of benzene rings is 1. The van der Waals surface area contributed by atoms with Gasteiger partial charge >= 0.3 is 0 Å². The Morgan fingerprint density at radius 1 is 1.12 bits per heavy atom. The van der Waals surface area contributed by atoms with Crippen LogP contribution >= 0.6 is 34.5 Å². The maximum absolute atomic E-state index is 12.5. The standard InChI is InChI=1S/C15H11Cl2N3O2S2/c16-11-1-2-12(17)14(7-11)24(21,22)20-8-13-15(19-5-4-18-13)10-3-6-23-9-10/h1-7,9,20H,8H2. The summed E-state index contributed by atoms with van der Waals surface area (Å²) in [7, 11) is -3.83. The summed E-state index contributed by atoms with van der Waals surface area (Å²) in [6.45, 7) is -0.00973. The van der Waals surface area contributed by atoms with Crippen molar-refractivity contribution >= 4 is 44.6 Å². The molecule has 0 atom stereocenters. The van der Waals surface area contributed by atoms with Crippen LogP contribution in [0.25, 0.3) is 11.3 Å². The molecule has 0 aliphatic carbocycles. The van der Waals surface area contributed by atoms with Crippen LogP contribution in [0.3, 0.4) is 0 Å². The van der Waals surface area contributed by atoms with Gasteiger partial charge in [-0.05, 0) is 29.6 Å². The Kier molecular flexibility index (Phi) is 5.17. The van der Waals surface area contributed by atoms with E-state index >= 15 is 0 Å². The van der Waals surface area contributed by atoms with Crippen LogP contribution in [0.5, 0.6) is 0 Å². The average molecular weight is 400 g/mol. The molecular weight excluding hydrogens is 389 g/mol. The van der Waals surface area contributed by atoms with Crippen LogP contribution in [0.1, 0.15) is 5.69 Å². The molecule has 5 nitrogen and oxygen atoms in total. The summed E-state index contributed by atoms with van der Waals surface area (Å²) in [5.41, 5.74) is 2.05. The first-order valence-electron chi connectivity index (χ1n) is 6.74. The summed E-state index contributed by atoms with van der Waals surface area (Å²) >= 11 is 13.4. The van der Waals surface area contributed by atoms with Gasteiger partial charge in [0.25, 0.3) is 0 Å². The predicted octanol–water partition coefficient (Wildman–Crippen LogP) is 3.99. The van der Waals surface area contributed by atoms with Crippen LogP contribution in [0.2, 0.25) is 10.0 Å². The molecule has 0 radical (unpaired) electrons. The summed E-state index contributed by atoms with van der Waals surface area (Å²) in [4.78, 5) is 8.44. The molecule has 0 amide bonds. The molecule has 3 rings (SSSR count). The molecule has 124 valence electrons. The van der Waals surface area contributed by atoms with E-state index in [0.29, 0.717) is 16.4 Å². The van der Waals surface area contributed by atoms with Gasteiger partial charge in [0.2, 0.25) is 10.0 Å². The molecule has 2 heterocycles. The number of thiophene rings is 1.